The van der Waals surface area contributed by atoms with Crippen LogP contribution in [0.1, 0.15) is 22.8 Å². The second-order valence-corrected chi connectivity index (χ2v) is 5.47. The fraction of sp³-hybridized carbons (Fsp3) is 0.429. The zero-order valence-electron chi connectivity index (χ0n) is 11.8. The predicted molar refractivity (Wildman–Crippen MR) is 71.0 cm³/mol. The monoisotopic (exact) mass is 316 g/mol. The second-order valence-electron chi connectivity index (χ2n) is 5.47. The van der Waals surface area contributed by atoms with Crippen LogP contribution in [-0.4, -0.2) is 47.1 Å². The van der Waals surface area contributed by atoms with Gasteiger partial charge in [0.05, 0.1) is 36.4 Å². The van der Waals surface area contributed by atoms with Crippen LogP contribution in [0.4, 0.5) is 13.2 Å². The molecule has 2 N–H and O–H groups in total. The molecule has 0 unspecified atom stereocenters. The van der Waals surface area contributed by atoms with E-state index in [9.17, 15) is 27.9 Å². The Morgan fingerprint density at radius 1 is 1.32 bits per heavy atom. The Labute approximate surface area is 124 Å². The highest BCUT2D eigenvalue weighted by molar-refractivity contribution is 5.98. The number of amides is 2. The van der Waals surface area contributed by atoms with Crippen molar-refractivity contribution in [2.45, 2.75) is 18.7 Å². The van der Waals surface area contributed by atoms with E-state index in [-0.39, 0.29) is 13.1 Å². The SMILES string of the molecule is CC1(O)CN(C(=O)CNC(=O)c2ccccc2C(F)(F)F)C1. The molecule has 1 aromatic carbocycles. The van der Waals surface area contributed by atoms with E-state index in [4.69, 9.17) is 0 Å². The van der Waals surface area contributed by atoms with E-state index in [1.807, 2.05) is 0 Å². The minimum absolute atomic E-state index is 0.140. The molecule has 1 aliphatic heterocycles. The van der Waals surface area contributed by atoms with E-state index >= 15 is 0 Å². The minimum atomic E-state index is -4.64. The van der Waals surface area contributed by atoms with E-state index in [1.54, 1.807) is 6.92 Å². The number of hydrogen-bond donors (Lipinski definition) is 2. The molecular formula is C14H15F3N2O3. The summed E-state index contributed by atoms with van der Waals surface area (Å²) in [6, 6.07) is 4.37. The first kappa shape index (κ1) is 16.3. The molecule has 0 atom stereocenters. The van der Waals surface area contributed by atoms with Gasteiger partial charge in [-0.05, 0) is 19.1 Å². The van der Waals surface area contributed by atoms with Crippen LogP contribution in [-0.2, 0) is 11.0 Å². The number of aliphatic hydroxyl groups is 1. The van der Waals surface area contributed by atoms with Crippen LogP contribution >= 0.6 is 0 Å². The highest BCUT2D eigenvalue weighted by Gasteiger charge is 2.39. The van der Waals surface area contributed by atoms with Crippen molar-refractivity contribution in [3.8, 4) is 0 Å². The molecule has 0 bridgehead atoms. The summed E-state index contributed by atoms with van der Waals surface area (Å²) in [7, 11) is 0. The fourth-order valence-electron chi connectivity index (χ4n) is 2.24. The Morgan fingerprint density at radius 3 is 2.45 bits per heavy atom. The summed E-state index contributed by atoms with van der Waals surface area (Å²) >= 11 is 0. The lowest BCUT2D eigenvalue weighted by atomic mass is 9.97. The van der Waals surface area contributed by atoms with Crippen molar-refractivity contribution >= 4 is 11.8 Å². The molecule has 1 saturated heterocycles. The highest BCUT2D eigenvalue weighted by atomic mass is 19.4. The van der Waals surface area contributed by atoms with Crippen LogP contribution in [0.2, 0.25) is 0 Å². The minimum Gasteiger partial charge on any atom is -0.386 e. The van der Waals surface area contributed by atoms with Gasteiger partial charge in [-0.25, -0.2) is 0 Å². The van der Waals surface area contributed by atoms with Gasteiger partial charge in [-0.2, -0.15) is 13.2 Å². The number of nitrogens with one attached hydrogen (secondary N) is 1. The van der Waals surface area contributed by atoms with Gasteiger partial charge in [0.15, 0.2) is 0 Å². The number of carbonyl (C=O) groups excluding carboxylic acids is 2. The maximum atomic E-state index is 12.8. The van der Waals surface area contributed by atoms with Gasteiger partial charge in [0.2, 0.25) is 5.91 Å². The van der Waals surface area contributed by atoms with Crippen LogP contribution in [0, 0.1) is 0 Å². The number of nitrogens with zero attached hydrogens (tertiary/aromatic N) is 1. The van der Waals surface area contributed by atoms with Crippen molar-refractivity contribution in [1.29, 1.82) is 0 Å². The molecule has 1 heterocycles. The Morgan fingerprint density at radius 2 is 1.91 bits per heavy atom. The first-order valence-electron chi connectivity index (χ1n) is 6.55. The molecule has 0 spiro atoms. The Kier molecular flexibility index (Phi) is 4.15. The highest BCUT2D eigenvalue weighted by Crippen LogP contribution is 2.31. The molecule has 2 rings (SSSR count). The molecule has 2 amide bonds. The molecule has 0 aromatic heterocycles. The maximum absolute atomic E-state index is 12.8. The first-order valence-corrected chi connectivity index (χ1v) is 6.55. The Bertz CT molecular complexity index is 591. The normalized spacial score (nSPS) is 16.9. The van der Waals surface area contributed by atoms with Crippen molar-refractivity contribution in [3.63, 3.8) is 0 Å². The number of benzene rings is 1. The molecule has 0 saturated carbocycles. The number of halogens is 3. The molecule has 0 radical (unpaired) electrons. The van der Waals surface area contributed by atoms with E-state index in [1.165, 1.54) is 17.0 Å². The summed E-state index contributed by atoms with van der Waals surface area (Å²) in [5.74, 6) is -1.42. The average Bonchev–Trinajstić information content (AvgIpc) is 2.40. The third kappa shape index (κ3) is 3.56. The zero-order valence-corrected chi connectivity index (χ0v) is 11.8. The lowest BCUT2D eigenvalue weighted by Gasteiger charge is -2.44. The summed E-state index contributed by atoms with van der Waals surface area (Å²) < 4.78 is 38.4. The topological polar surface area (TPSA) is 69.6 Å². The van der Waals surface area contributed by atoms with Gasteiger partial charge in [0.25, 0.3) is 5.91 Å². The summed E-state index contributed by atoms with van der Waals surface area (Å²) in [4.78, 5) is 24.9. The number of β-amino-alcohol motifs (C(OH)–C–C–N with tert-alkyl or cyclic N) is 1. The molecule has 1 fully saturated rings. The van der Waals surface area contributed by atoms with E-state index in [0.29, 0.717) is 0 Å². The van der Waals surface area contributed by atoms with E-state index in [2.05, 4.69) is 5.32 Å². The number of likely N-dealkylation sites (tertiary alicyclic amines) is 1. The summed E-state index contributed by atoms with van der Waals surface area (Å²) in [6.45, 7) is 1.43. The van der Waals surface area contributed by atoms with Gasteiger partial charge in [-0.1, -0.05) is 12.1 Å². The zero-order chi connectivity index (χ0) is 16.5. The van der Waals surface area contributed by atoms with Gasteiger partial charge in [-0.15, -0.1) is 0 Å². The molecule has 120 valence electrons. The van der Waals surface area contributed by atoms with Gasteiger partial charge in [-0.3, -0.25) is 9.59 Å². The summed E-state index contributed by atoms with van der Waals surface area (Å²) in [6.07, 6.45) is -4.64. The lowest BCUT2D eigenvalue weighted by Crippen LogP contribution is -2.63. The van der Waals surface area contributed by atoms with E-state index in [0.717, 1.165) is 12.1 Å². The number of alkyl halides is 3. The molecule has 5 nitrogen and oxygen atoms in total. The van der Waals surface area contributed by atoms with Gasteiger partial charge < -0.3 is 15.3 Å². The van der Waals surface area contributed by atoms with Crippen molar-refractivity contribution < 1.29 is 27.9 Å². The fourth-order valence-corrected chi connectivity index (χ4v) is 2.24. The molecule has 1 aromatic rings. The second kappa shape index (κ2) is 5.60. The predicted octanol–water partition coefficient (Wildman–Crippen LogP) is 1.03. The standard InChI is InChI=1S/C14H15F3N2O3/c1-13(22)7-19(8-13)11(20)6-18-12(21)9-4-2-3-5-10(9)14(15,16)17/h2-5,22H,6-8H2,1H3,(H,18,21). The Balaban J connectivity index is 1.98. The maximum Gasteiger partial charge on any atom is 0.417 e. The van der Waals surface area contributed by atoms with E-state index < -0.39 is 41.3 Å². The van der Waals surface area contributed by atoms with Crippen LogP contribution in [0.5, 0.6) is 0 Å². The third-order valence-electron chi connectivity index (χ3n) is 3.29. The molecule has 1 aliphatic rings. The Hall–Kier alpha value is -2.09. The third-order valence-corrected chi connectivity index (χ3v) is 3.29. The van der Waals surface area contributed by atoms with Crippen molar-refractivity contribution in [2.24, 2.45) is 0 Å². The number of hydrogen-bond acceptors (Lipinski definition) is 3. The molecule has 0 aliphatic carbocycles. The van der Waals surface area contributed by atoms with Crippen molar-refractivity contribution in [3.05, 3.63) is 35.4 Å². The smallest absolute Gasteiger partial charge is 0.386 e. The van der Waals surface area contributed by atoms with Gasteiger partial charge in [0.1, 0.15) is 0 Å². The van der Waals surface area contributed by atoms with Crippen LogP contribution in [0.3, 0.4) is 0 Å². The van der Waals surface area contributed by atoms with Gasteiger partial charge in [0, 0.05) is 0 Å². The van der Waals surface area contributed by atoms with Crippen molar-refractivity contribution in [1.82, 2.24) is 10.2 Å². The lowest BCUT2D eigenvalue weighted by molar-refractivity contribution is -0.151. The number of carbonyl (C=O) groups is 2. The van der Waals surface area contributed by atoms with Crippen molar-refractivity contribution in [2.75, 3.05) is 19.6 Å². The van der Waals surface area contributed by atoms with Crippen LogP contribution < -0.4 is 5.32 Å². The largest absolute Gasteiger partial charge is 0.417 e. The summed E-state index contributed by atoms with van der Waals surface area (Å²) in [5, 5.41) is 11.7. The molecule has 22 heavy (non-hydrogen) atoms. The summed E-state index contributed by atoms with van der Waals surface area (Å²) in [5.41, 5.74) is -2.52. The quantitative estimate of drug-likeness (QED) is 0.875. The van der Waals surface area contributed by atoms with Crippen LogP contribution in [0.25, 0.3) is 0 Å². The van der Waals surface area contributed by atoms with Crippen LogP contribution in [0.15, 0.2) is 24.3 Å². The first-order chi connectivity index (χ1) is 10.1. The molecular weight excluding hydrogens is 301 g/mol. The average molecular weight is 316 g/mol. The van der Waals surface area contributed by atoms with Gasteiger partial charge >= 0.3 is 6.18 Å². The number of rotatable bonds is 3. The molecule has 8 heteroatoms.